The Morgan fingerprint density at radius 3 is 2.75 bits per heavy atom. The lowest BCUT2D eigenvalue weighted by atomic mass is 10.1. The van der Waals surface area contributed by atoms with E-state index in [1.54, 1.807) is 0 Å². The number of hydrogen-bond acceptors (Lipinski definition) is 3. The number of aromatic nitrogens is 2. The van der Waals surface area contributed by atoms with Crippen molar-refractivity contribution in [1.29, 1.82) is 0 Å². The molecule has 0 bridgehead atoms. The first-order chi connectivity index (χ1) is 7.81. The second-order valence-corrected chi connectivity index (χ2v) is 3.63. The van der Waals surface area contributed by atoms with Crippen LogP contribution in [0.15, 0.2) is 36.4 Å². The Labute approximate surface area is 94.6 Å². The van der Waals surface area contributed by atoms with Gasteiger partial charge >= 0.3 is 0 Å². The Hall–Kier alpha value is -1.65. The van der Waals surface area contributed by atoms with Gasteiger partial charge < -0.3 is 4.84 Å². The minimum Gasteiger partial charge on any atom is -0.304 e. The lowest BCUT2D eigenvalue weighted by Gasteiger charge is -1.98. The fourth-order valence-corrected chi connectivity index (χ4v) is 1.65. The van der Waals surface area contributed by atoms with Gasteiger partial charge in [-0.1, -0.05) is 30.3 Å². The number of benzene rings is 1. The van der Waals surface area contributed by atoms with E-state index in [1.807, 2.05) is 42.1 Å². The summed E-state index contributed by atoms with van der Waals surface area (Å²) in [6.45, 7) is 0.508. The Bertz CT molecular complexity index is 451. The van der Waals surface area contributed by atoms with Gasteiger partial charge in [0.15, 0.2) is 0 Å². The van der Waals surface area contributed by atoms with Crippen molar-refractivity contribution in [3.63, 3.8) is 0 Å². The molecule has 4 heteroatoms. The molecule has 0 saturated heterocycles. The van der Waals surface area contributed by atoms with E-state index in [2.05, 4.69) is 16.0 Å². The zero-order valence-electron chi connectivity index (χ0n) is 9.26. The van der Waals surface area contributed by atoms with E-state index >= 15 is 0 Å². The van der Waals surface area contributed by atoms with Gasteiger partial charge in [-0.15, -0.1) is 0 Å². The highest BCUT2D eigenvalue weighted by atomic mass is 16.6. The summed E-state index contributed by atoms with van der Waals surface area (Å²) < 4.78 is 1.86. The zero-order chi connectivity index (χ0) is 11.4. The maximum Gasteiger partial charge on any atom is 0.0925 e. The van der Waals surface area contributed by atoms with Crippen LogP contribution in [0.5, 0.6) is 0 Å². The highest BCUT2D eigenvalue weighted by Crippen LogP contribution is 2.18. The summed E-state index contributed by atoms with van der Waals surface area (Å²) in [4.78, 5) is 4.57. The third-order valence-corrected chi connectivity index (χ3v) is 2.52. The van der Waals surface area contributed by atoms with Gasteiger partial charge in [0, 0.05) is 24.7 Å². The van der Waals surface area contributed by atoms with E-state index < -0.39 is 0 Å². The SMILES string of the molecule is Cn1nc(-c2ccccc2)cc1CCON. The van der Waals surface area contributed by atoms with Gasteiger partial charge in [0.25, 0.3) is 0 Å². The minimum absolute atomic E-state index is 0.508. The molecule has 0 radical (unpaired) electrons. The lowest BCUT2D eigenvalue weighted by molar-refractivity contribution is 0.140. The summed E-state index contributed by atoms with van der Waals surface area (Å²) >= 11 is 0. The van der Waals surface area contributed by atoms with Crippen LogP contribution in [0.4, 0.5) is 0 Å². The summed E-state index contributed by atoms with van der Waals surface area (Å²) in [5.74, 6) is 5.01. The first-order valence-electron chi connectivity index (χ1n) is 5.21. The number of nitrogens with two attached hydrogens (primary N) is 1. The van der Waals surface area contributed by atoms with Gasteiger partial charge in [-0.3, -0.25) is 4.68 Å². The number of aryl methyl sites for hydroxylation is 1. The molecule has 0 aliphatic carbocycles. The zero-order valence-corrected chi connectivity index (χ0v) is 9.26. The summed E-state index contributed by atoms with van der Waals surface area (Å²) in [5.41, 5.74) is 3.22. The molecule has 0 fully saturated rings. The predicted molar refractivity (Wildman–Crippen MR) is 62.5 cm³/mol. The molecular weight excluding hydrogens is 202 g/mol. The quantitative estimate of drug-likeness (QED) is 0.790. The Morgan fingerprint density at radius 2 is 2.06 bits per heavy atom. The van der Waals surface area contributed by atoms with Gasteiger partial charge in [-0.05, 0) is 6.07 Å². The molecule has 2 rings (SSSR count). The van der Waals surface area contributed by atoms with Crippen LogP contribution in [0, 0.1) is 0 Å². The lowest BCUT2D eigenvalue weighted by Crippen LogP contribution is -2.07. The fourth-order valence-electron chi connectivity index (χ4n) is 1.65. The van der Waals surface area contributed by atoms with Crippen molar-refractivity contribution in [2.24, 2.45) is 12.9 Å². The standard InChI is InChI=1S/C12H15N3O/c1-15-11(7-8-16-13)9-12(14-15)10-5-3-2-4-6-10/h2-6,9H,7-8,13H2,1H3. The summed E-state index contributed by atoms with van der Waals surface area (Å²) in [7, 11) is 1.93. The van der Waals surface area contributed by atoms with E-state index in [4.69, 9.17) is 5.90 Å². The second kappa shape index (κ2) is 4.92. The first-order valence-corrected chi connectivity index (χ1v) is 5.21. The van der Waals surface area contributed by atoms with Crippen LogP contribution >= 0.6 is 0 Å². The summed E-state index contributed by atoms with van der Waals surface area (Å²) in [6, 6.07) is 12.2. The monoisotopic (exact) mass is 217 g/mol. The molecule has 1 aromatic carbocycles. The Morgan fingerprint density at radius 1 is 1.31 bits per heavy atom. The maximum atomic E-state index is 5.01. The average molecular weight is 217 g/mol. The topological polar surface area (TPSA) is 53.1 Å². The van der Waals surface area contributed by atoms with E-state index in [0.29, 0.717) is 6.61 Å². The van der Waals surface area contributed by atoms with Crippen molar-refractivity contribution in [2.75, 3.05) is 6.61 Å². The third kappa shape index (κ3) is 2.29. The average Bonchev–Trinajstić information content (AvgIpc) is 2.69. The second-order valence-electron chi connectivity index (χ2n) is 3.63. The predicted octanol–water partition coefficient (Wildman–Crippen LogP) is 1.52. The van der Waals surface area contributed by atoms with Crippen LogP contribution < -0.4 is 5.90 Å². The number of rotatable bonds is 4. The molecule has 0 unspecified atom stereocenters. The van der Waals surface area contributed by atoms with E-state index in [-0.39, 0.29) is 0 Å². The molecule has 4 nitrogen and oxygen atoms in total. The van der Waals surface area contributed by atoms with Crippen molar-refractivity contribution < 1.29 is 4.84 Å². The molecule has 1 heterocycles. The van der Waals surface area contributed by atoms with Gasteiger partial charge in [-0.25, -0.2) is 5.90 Å². The molecule has 2 aromatic rings. The van der Waals surface area contributed by atoms with E-state index in [0.717, 1.165) is 23.4 Å². The van der Waals surface area contributed by atoms with Crippen LogP contribution in [0.25, 0.3) is 11.3 Å². The molecule has 0 atom stereocenters. The van der Waals surface area contributed by atoms with Crippen LogP contribution in [0.2, 0.25) is 0 Å². The molecule has 0 spiro atoms. The van der Waals surface area contributed by atoms with Crippen molar-refractivity contribution in [3.05, 3.63) is 42.1 Å². The highest BCUT2D eigenvalue weighted by molar-refractivity contribution is 5.59. The van der Waals surface area contributed by atoms with Crippen molar-refractivity contribution in [3.8, 4) is 11.3 Å². The molecular formula is C12H15N3O. The molecule has 1 aromatic heterocycles. The largest absolute Gasteiger partial charge is 0.304 e. The van der Waals surface area contributed by atoms with Crippen molar-refractivity contribution >= 4 is 0 Å². The van der Waals surface area contributed by atoms with Crippen LogP contribution in [-0.2, 0) is 18.3 Å². The smallest absolute Gasteiger partial charge is 0.0925 e. The molecule has 0 saturated carbocycles. The molecule has 0 amide bonds. The normalized spacial score (nSPS) is 10.6. The van der Waals surface area contributed by atoms with E-state index in [1.165, 1.54) is 0 Å². The number of nitrogens with zero attached hydrogens (tertiary/aromatic N) is 2. The van der Waals surface area contributed by atoms with Crippen LogP contribution in [0.1, 0.15) is 5.69 Å². The van der Waals surface area contributed by atoms with Crippen molar-refractivity contribution in [1.82, 2.24) is 9.78 Å². The first kappa shape index (κ1) is 10.9. The maximum absolute atomic E-state index is 5.01. The Balaban J connectivity index is 2.24. The van der Waals surface area contributed by atoms with E-state index in [9.17, 15) is 0 Å². The van der Waals surface area contributed by atoms with Crippen LogP contribution in [-0.4, -0.2) is 16.4 Å². The van der Waals surface area contributed by atoms with Gasteiger partial charge in [0.1, 0.15) is 0 Å². The van der Waals surface area contributed by atoms with Crippen molar-refractivity contribution in [2.45, 2.75) is 6.42 Å². The van der Waals surface area contributed by atoms with Gasteiger partial charge in [0.05, 0.1) is 12.3 Å². The minimum atomic E-state index is 0.508. The molecule has 16 heavy (non-hydrogen) atoms. The fraction of sp³-hybridized carbons (Fsp3) is 0.250. The summed E-state index contributed by atoms with van der Waals surface area (Å²) in [5, 5.41) is 4.45. The highest BCUT2D eigenvalue weighted by Gasteiger charge is 2.06. The molecule has 0 aliphatic heterocycles. The van der Waals surface area contributed by atoms with Gasteiger partial charge in [0.2, 0.25) is 0 Å². The number of hydrogen-bond donors (Lipinski definition) is 1. The van der Waals surface area contributed by atoms with Gasteiger partial charge in [-0.2, -0.15) is 5.10 Å². The van der Waals surface area contributed by atoms with Crippen LogP contribution in [0.3, 0.4) is 0 Å². The Kier molecular flexibility index (Phi) is 3.34. The molecule has 84 valence electrons. The summed E-state index contributed by atoms with van der Waals surface area (Å²) in [6.07, 6.45) is 0.771. The molecule has 2 N–H and O–H groups in total. The third-order valence-electron chi connectivity index (χ3n) is 2.52. The molecule has 0 aliphatic rings.